The Kier molecular flexibility index (Phi) is 6.64. The van der Waals surface area contributed by atoms with Gasteiger partial charge in [-0.15, -0.1) is 11.3 Å². The minimum atomic E-state index is 0.0389. The van der Waals surface area contributed by atoms with Crippen LogP contribution in [0.5, 0.6) is 0 Å². The van der Waals surface area contributed by atoms with Crippen LogP contribution in [0, 0.1) is 5.92 Å². The first-order valence-electron chi connectivity index (χ1n) is 9.71. The first-order chi connectivity index (χ1) is 12.6. The van der Waals surface area contributed by atoms with Crippen LogP contribution in [0.4, 0.5) is 0 Å². The third-order valence-corrected chi connectivity index (χ3v) is 6.37. The number of aromatic nitrogens is 1. The third-order valence-electron chi connectivity index (χ3n) is 5.29. The number of nitrogens with zero attached hydrogens (tertiary/aromatic N) is 3. The molecule has 2 aliphatic heterocycles. The van der Waals surface area contributed by atoms with Gasteiger partial charge in [-0.3, -0.25) is 9.59 Å². The Morgan fingerprint density at radius 2 is 2.12 bits per heavy atom. The molecule has 0 saturated carbocycles. The highest BCUT2D eigenvalue weighted by molar-refractivity contribution is 7.13. The summed E-state index contributed by atoms with van der Waals surface area (Å²) in [6.45, 7) is 5.02. The van der Waals surface area contributed by atoms with Gasteiger partial charge in [-0.1, -0.05) is 13.3 Å². The van der Waals surface area contributed by atoms with Crippen LogP contribution >= 0.6 is 11.3 Å². The van der Waals surface area contributed by atoms with Gasteiger partial charge in [-0.25, -0.2) is 4.98 Å². The summed E-state index contributed by atoms with van der Waals surface area (Å²) in [6.07, 6.45) is 7.41. The van der Waals surface area contributed by atoms with E-state index in [2.05, 4.69) is 11.9 Å². The van der Waals surface area contributed by atoms with Gasteiger partial charge in [0.15, 0.2) is 0 Å². The highest BCUT2D eigenvalue weighted by Crippen LogP contribution is 2.32. The number of carbonyl (C=O) groups excluding carboxylic acids is 2. The van der Waals surface area contributed by atoms with Gasteiger partial charge in [0.05, 0.1) is 6.20 Å². The highest BCUT2D eigenvalue weighted by atomic mass is 32.1. The minimum absolute atomic E-state index is 0.0389. The molecule has 2 fully saturated rings. The Hall–Kier alpha value is -1.47. The molecule has 1 atom stereocenters. The van der Waals surface area contributed by atoms with Crippen molar-refractivity contribution < 1.29 is 14.3 Å². The van der Waals surface area contributed by atoms with Crippen LogP contribution in [0.3, 0.4) is 0 Å². The number of hydrogen-bond acceptors (Lipinski definition) is 5. The predicted molar refractivity (Wildman–Crippen MR) is 101 cm³/mol. The molecule has 3 heterocycles. The lowest BCUT2D eigenvalue weighted by Crippen LogP contribution is -2.43. The lowest BCUT2D eigenvalue weighted by Gasteiger charge is -2.33. The number of carbonyl (C=O) groups is 2. The zero-order valence-corrected chi connectivity index (χ0v) is 16.6. The van der Waals surface area contributed by atoms with Crippen LogP contribution in [0.1, 0.15) is 66.2 Å². The second kappa shape index (κ2) is 8.95. The molecular formula is C19H29N3O3S. The molecule has 1 aromatic heterocycles. The smallest absolute Gasteiger partial charge is 0.265 e. The fourth-order valence-corrected chi connectivity index (χ4v) is 4.58. The van der Waals surface area contributed by atoms with E-state index in [4.69, 9.17) is 4.74 Å². The largest absolute Gasteiger partial charge is 0.371 e. The molecule has 0 N–H and O–H groups in total. The van der Waals surface area contributed by atoms with E-state index in [0.717, 1.165) is 56.7 Å². The molecule has 2 aliphatic rings. The van der Waals surface area contributed by atoms with E-state index >= 15 is 0 Å². The Morgan fingerprint density at radius 3 is 2.77 bits per heavy atom. The maximum Gasteiger partial charge on any atom is 0.265 e. The normalized spacial score (nSPS) is 21.2. The van der Waals surface area contributed by atoms with Crippen molar-refractivity contribution in [3.8, 4) is 0 Å². The second-order valence-electron chi connectivity index (χ2n) is 7.24. The quantitative estimate of drug-likeness (QED) is 0.762. The molecule has 0 radical (unpaired) electrons. The van der Waals surface area contributed by atoms with Crippen molar-refractivity contribution in [1.29, 1.82) is 0 Å². The van der Waals surface area contributed by atoms with Crippen molar-refractivity contribution in [2.45, 2.75) is 51.6 Å². The average molecular weight is 380 g/mol. The van der Waals surface area contributed by atoms with E-state index in [0.29, 0.717) is 18.0 Å². The molecule has 2 amide bonds. The molecule has 7 heteroatoms. The number of rotatable bonds is 6. The highest BCUT2D eigenvalue weighted by Gasteiger charge is 2.30. The number of hydrogen-bond donors (Lipinski definition) is 0. The molecule has 1 unspecified atom stereocenters. The third kappa shape index (κ3) is 4.43. The Morgan fingerprint density at radius 1 is 1.35 bits per heavy atom. The molecule has 0 bridgehead atoms. The summed E-state index contributed by atoms with van der Waals surface area (Å²) in [7, 11) is 1.89. The Labute approximate surface area is 159 Å². The van der Waals surface area contributed by atoms with Crippen LogP contribution in [0.2, 0.25) is 0 Å². The topological polar surface area (TPSA) is 62.7 Å². The number of thiazole rings is 1. The predicted octanol–water partition coefficient (Wildman–Crippen LogP) is 3.11. The van der Waals surface area contributed by atoms with Crippen LogP contribution in [0.25, 0.3) is 0 Å². The van der Waals surface area contributed by atoms with E-state index < -0.39 is 0 Å². The number of unbranched alkanes of at least 4 members (excludes halogenated alkanes) is 1. The average Bonchev–Trinajstić information content (AvgIpc) is 3.36. The fraction of sp³-hybridized carbons (Fsp3) is 0.737. The lowest BCUT2D eigenvalue weighted by molar-refractivity contribution is -0.135. The van der Waals surface area contributed by atoms with Crippen molar-refractivity contribution in [3.05, 3.63) is 16.1 Å². The fourth-order valence-electron chi connectivity index (χ4n) is 3.61. The molecule has 26 heavy (non-hydrogen) atoms. The van der Waals surface area contributed by atoms with E-state index in [-0.39, 0.29) is 23.8 Å². The number of ether oxygens (including phenoxy) is 1. The van der Waals surface area contributed by atoms with E-state index in [9.17, 15) is 9.59 Å². The van der Waals surface area contributed by atoms with Crippen LogP contribution in [0.15, 0.2) is 6.20 Å². The van der Waals surface area contributed by atoms with Gasteiger partial charge in [0.1, 0.15) is 16.0 Å². The zero-order chi connectivity index (χ0) is 18.5. The Balaban J connectivity index is 1.51. The molecule has 2 saturated heterocycles. The summed E-state index contributed by atoms with van der Waals surface area (Å²) in [6, 6.07) is 0. The van der Waals surface area contributed by atoms with Gasteiger partial charge in [-0.05, 0) is 32.1 Å². The van der Waals surface area contributed by atoms with Gasteiger partial charge in [0.2, 0.25) is 5.91 Å². The van der Waals surface area contributed by atoms with E-state index in [1.807, 2.05) is 16.8 Å². The summed E-state index contributed by atoms with van der Waals surface area (Å²) < 4.78 is 5.65. The first-order valence-corrected chi connectivity index (χ1v) is 10.5. The molecule has 0 aliphatic carbocycles. The summed E-state index contributed by atoms with van der Waals surface area (Å²) in [5, 5.41) is 0.911. The molecule has 6 nitrogen and oxygen atoms in total. The van der Waals surface area contributed by atoms with E-state index in [1.165, 1.54) is 11.3 Å². The van der Waals surface area contributed by atoms with Crippen molar-refractivity contribution >= 4 is 23.2 Å². The molecule has 0 aromatic carbocycles. The van der Waals surface area contributed by atoms with Gasteiger partial charge >= 0.3 is 0 Å². The summed E-state index contributed by atoms with van der Waals surface area (Å²) in [5.41, 5.74) is 0. The summed E-state index contributed by atoms with van der Waals surface area (Å²) in [4.78, 5) is 34.0. The van der Waals surface area contributed by atoms with Gasteiger partial charge < -0.3 is 14.5 Å². The van der Waals surface area contributed by atoms with Crippen molar-refractivity contribution in [1.82, 2.24) is 14.8 Å². The maximum absolute atomic E-state index is 12.7. The lowest BCUT2D eigenvalue weighted by atomic mass is 9.95. The maximum atomic E-state index is 12.7. The van der Waals surface area contributed by atoms with E-state index in [1.54, 1.807) is 6.20 Å². The standard InChI is InChI=1S/C19H29N3O3S/c1-3-4-9-21(2)18(23)14-7-10-22(11-8-14)19(24)16-13-20-17(26-16)15-6-5-12-25-15/h13-15H,3-12H2,1-2H3. The number of piperidine rings is 1. The number of likely N-dealkylation sites (tertiary alicyclic amines) is 1. The van der Waals surface area contributed by atoms with Gasteiger partial charge in [0.25, 0.3) is 5.91 Å². The molecule has 1 aromatic rings. The van der Waals surface area contributed by atoms with Crippen molar-refractivity contribution in [2.24, 2.45) is 5.92 Å². The molecule has 3 rings (SSSR count). The van der Waals surface area contributed by atoms with Crippen LogP contribution in [-0.4, -0.2) is 59.9 Å². The van der Waals surface area contributed by atoms with Crippen LogP contribution in [-0.2, 0) is 9.53 Å². The first kappa shape index (κ1) is 19.3. The molecule has 0 spiro atoms. The van der Waals surface area contributed by atoms with Crippen LogP contribution < -0.4 is 0 Å². The van der Waals surface area contributed by atoms with Gasteiger partial charge in [0, 0.05) is 39.2 Å². The van der Waals surface area contributed by atoms with Gasteiger partial charge in [-0.2, -0.15) is 0 Å². The SMILES string of the molecule is CCCCN(C)C(=O)C1CCN(C(=O)c2cnc(C3CCCO3)s2)CC1. The Bertz CT molecular complexity index is 619. The molecular weight excluding hydrogens is 350 g/mol. The minimum Gasteiger partial charge on any atom is -0.371 e. The van der Waals surface area contributed by atoms with Crippen molar-refractivity contribution in [2.75, 3.05) is 33.3 Å². The van der Waals surface area contributed by atoms with Crippen molar-refractivity contribution in [3.63, 3.8) is 0 Å². The second-order valence-corrected chi connectivity index (χ2v) is 8.31. The number of amides is 2. The summed E-state index contributed by atoms with van der Waals surface area (Å²) in [5.74, 6) is 0.311. The summed E-state index contributed by atoms with van der Waals surface area (Å²) >= 11 is 1.45. The molecule has 144 valence electrons. The monoisotopic (exact) mass is 379 g/mol. The zero-order valence-electron chi connectivity index (χ0n) is 15.8.